The van der Waals surface area contributed by atoms with Crippen molar-refractivity contribution in [3.8, 4) is 5.88 Å². The molecule has 0 bridgehead atoms. The maximum atomic E-state index is 5.77. The van der Waals surface area contributed by atoms with Crippen molar-refractivity contribution in [3.05, 3.63) is 35.9 Å². The Balaban J connectivity index is 2.22. The van der Waals surface area contributed by atoms with Crippen molar-refractivity contribution in [1.29, 1.82) is 0 Å². The molecule has 2 rings (SSSR count). The molecule has 0 radical (unpaired) electrons. The summed E-state index contributed by atoms with van der Waals surface area (Å²) in [6, 6.07) is 10.2. The molecule has 108 valence electrons. The summed E-state index contributed by atoms with van der Waals surface area (Å²) in [5, 5.41) is 4.56. The Morgan fingerprint density at radius 3 is 2.80 bits per heavy atom. The van der Waals surface area contributed by atoms with E-state index >= 15 is 0 Å². The van der Waals surface area contributed by atoms with Gasteiger partial charge in [0.15, 0.2) is 0 Å². The second-order valence-corrected chi connectivity index (χ2v) is 5.07. The van der Waals surface area contributed by atoms with E-state index in [-0.39, 0.29) is 0 Å². The number of fused-ring (bicyclic) bond motifs is 1. The lowest BCUT2D eigenvalue weighted by Crippen LogP contribution is -2.20. The fourth-order valence-electron chi connectivity index (χ4n) is 2.03. The molecule has 0 amide bonds. The second kappa shape index (κ2) is 7.22. The van der Waals surface area contributed by atoms with Crippen LogP contribution in [0.25, 0.3) is 10.9 Å². The largest absolute Gasteiger partial charge is 0.476 e. The summed E-state index contributed by atoms with van der Waals surface area (Å²) in [5.74, 6) is 0.707. The topological polar surface area (TPSA) is 37.4 Å². The lowest BCUT2D eigenvalue weighted by Gasteiger charge is -2.13. The van der Waals surface area contributed by atoms with Crippen LogP contribution in [0.2, 0.25) is 0 Å². The average molecular weight is 273 g/mol. The highest BCUT2D eigenvalue weighted by molar-refractivity contribution is 5.82. The Labute approximate surface area is 120 Å². The Bertz CT molecular complexity index is 554. The minimum absolute atomic E-state index is 0.652. The SMILES string of the molecule is CCNCc1cc(OCCN(C)C)nc2ccccc12. The van der Waals surface area contributed by atoms with Gasteiger partial charge in [-0.05, 0) is 32.3 Å². The summed E-state index contributed by atoms with van der Waals surface area (Å²) in [7, 11) is 4.07. The van der Waals surface area contributed by atoms with E-state index in [1.807, 2.05) is 38.4 Å². The number of likely N-dealkylation sites (N-methyl/N-ethyl adjacent to an activating group) is 1. The monoisotopic (exact) mass is 273 g/mol. The normalized spacial score (nSPS) is 11.2. The van der Waals surface area contributed by atoms with E-state index in [0.29, 0.717) is 12.5 Å². The number of hydrogen-bond acceptors (Lipinski definition) is 4. The van der Waals surface area contributed by atoms with Gasteiger partial charge in [-0.3, -0.25) is 0 Å². The van der Waals surface area contributed by atoms with E-state index < -0.39 is 0 Å². The number of pyridine rings is 1. The molecular weight excluding hydrogens is 250 g/mol. The van der Waals surface area contributed by atoms with Crippen LogP contribution in [0.3, 0.4) is 0 Å². The Hall–Kier alpha value is -1.65. The highest BCUT2D eigenvalue weighted by Gasteiger charge is 2.06. The first-order valence-corrected chi connectivity index (χ1v) is 7.07. The van der Waals surface area contributed by atoms with Gasteiger partial charge in [-0.25, -0.2) is 4.98 Å². The molecule has 0 atom stereocenters. The number of hydrogen-bond donors (Lipinski definition) is 1. The van der Waals surface area contributed by atoms with Gasteiger partial charge in [0, 0.05) is 24.5 Å². The molecule has 0 fully saturated rings. The number of rotatable bonds is 7. The summed E-state index contributed by atoms with van der Waals surface area (Å²) >= 11 is 0. The molecule has 0 aliphatic carbocycles. The molecule has 1 N–H and O–H groups in total. The zero-order chi connectivity index (χ0) is 14.4. The van der Waals surface area contributed by atoms with Crippen LogP contribution in [-0.2, 0) is 6.54 Å². The summed E-state index contributed by atoms with van der Waals surface area (Å²) in [5.41, 5.74) is 2.22. The number of aromatic nitrogens is 1. The van der Waals surface area contributed by atoms with Crippen LogP contribution < -0.4 is 10.1 Å². The minimum atomic E-state index is 0.652. The standard InChI is InChI=1S/C16H23N3O/c1-4-17-12-13-11-16(20-10-9-19(2)3)18-15-8-6-5-7-14(13)15/h5-8,11,17H,4,9-10,12H2,1-3H3. The summed E-state index contributed by atoms with van der Waals surface area (Å²) in [6.07, 6.45) is 0. The van der Waals surface area contributed by atoms with E-state index in [0.717, 1.165) is 25.2 Å². The van der Waals surface area contributed by atoms with Crippen LogP contribution in [0.1, 0.15) is 12.5 Å². The molecule has 2 aromatic rings. The Kier molecular flexibility index (Phi) is 5.32. The molecule has 0 saturated heterocycles. The first-order valence-electron chi connectivity index (χ1n) is 7.07. The molecule has 1 aromatic heterocycles. The van der Waals surface area contributed by atoms with E-state index in [2.05, 4.69) is 28.2 Å². The van der Waals surface area contributed by atoms with E-state index in [1.54, 1.807) is 0 Å². The van der Waals surface area contributed by atoms with Gasteiger partial charge < -0.3 is 15.0 Å². The van der Waals surface area contributed by atoms with E-state index in [4.69, 9.17) is 4.74 Å². The smallest absolute Gasteiger partial charge is 0.214 e. The maximum absolute atomic E-state index is 5.77. The molecule has 20 heavy (non-hydrogen) atoms. The summed E-state index contributed by atoms with van der Waals surface area (Å²) in [6.45, 7) is 5.44. The van der Waals surface area contributed by atoms with E-state index in [9.17, 15) is 0 Å². The molecule has 0 aliphatic heterocycles. The molecule has 4 heteroatoms. The minimum Gasteiger partial charge on any atom is -0.476 e. The zero-order valence-corrected chi connectivity index (χ0v) is 12.5. The van der Waals surface area contributed by atoms with Gasteiger partial charge in [0.2, 0.25) is 5.88 Å². The first kappa shape index (κ1) is 14.8. The number of nitrogens with zero attached hydrogens (tertiary/aromatic N) is 2. The van der Waals surface area contributed by atoms with Crippen LogP contribution in [-0.4, -0.2) is 43.7 Å². The summed E-state index contributed by atoms with van der Waals surface area (Å²) in [4.78, 5) is 6.67. The lowest BCUT2D eigenvalue weighted by atomic mass is 10.1. The third-order valence-corrected chi connectivity index (χ3v) is 3.13. The van der Waals surface area contributed by atoms with E-state index in [1.165, 1.54) is 10.9 Å². The van der Waals surface area contributed by atoms with Crippen LogP contribution in [0, 0.1) is 0 Å². The van der Waals surface area contributed by atoms with Crippen molar-refractivity contribution in [2.24, 2.45) is 0 Å². The molecule has 1 heterocycles. The second-order valence-electron chi connectivity index (χ2n) is 5.07. The Morgan fingerprint density at radius 1 is 1.25 bits per heavy atom. The fraction of sp³-hybridized carbons (Fsp3) is 0.438. The lowest BCUT2D eigenvalue weighted by molar-refractivity contribution is 0.254. The van der Waals surface area contributed by atoms with Gasteiger partial charge in [0.25, 0.3) is 0 Å². The Morgan fingerprint density at radius 2 is 2.05 bits per heavy atom. The summed E-state index contributed by atoms with van der Waals surface area (Å²) < 4.78 is 5.77. The third kappa shape index (κ3) is 3.92. The zero-order valence-electron chi connectivity index (χ0n) is 12.5. The number of benzene rings is 1. The highest BCUT2D eigenvalue weighted by Crippen LogP contribution is 2.22. The quantitative estimate of drug-likeness (QED) is 0.840. The van der Waals surface area contributed by atoms with Crippen molar-refractivity contribution in [2.75, 3.05) is 33.8 Å². The first-order chi connectivity index (χ1) is 9.70. The van der Waals surface area contributed by atoms with Crippen LogP contribution >= 0.6 is 0 Å². The van der Waals surface area contributed by atoms with Gasteiger partial charge in [-0.1, -0.05) is 25.1 Å². The fourth-order valence-corrected chi connectivity index (χ4v) is 2.03. The highest BCUT2D eigenvalue weighted by atomic mass is 16.5. The predicted octanol–water partition coefficient (Wildman–Crippen LogP) is 2.28. The number of ether oxygens (including phenoxy) is 1. The molecule has 1 aromatic carbocycles. The van der Waals surface area contributed by atoms with Crippen LogP contribution in [0.15, 0.2) is 30.3 Å². The molecule has 0 saturated carbocycles. The predicted molar refractivity (Wildman–Crippen MR) is 83.2 cm³/mol. The van der Waals surface area contributed by atoms with Crippen LogP contribution in [0.5, 0.6) is 5.88 Å². The third-order valence-electron chi connectivity index (χ3n) is 3.13. The molecule has 0 spiro atoms. The molecule has 0 unspecified atom stereocenters. The number of para-hydroxylation sites is 1. The van der Waals surface area contributed by atoms with Crippen molar-refractivity contribution in [3.63, 3.8) is 0 Å². The molecular formula is C16H23N3O. The van der Waals surface area contributed by atoms with Gasteiger partial charge in [-0.2, -0.15) is 0 Å². The van der Waals surface area contributed by atoms with Gasteiger partial charge in [-0.15, -0.1) is 0 Å². The average Bonchev–Trinajstić information content (AvgIpc) is 2.44. The van der Waals surface area contributed by atoms with Crippen molar-refractivity contribution >= 4 is 10.9 Å². The van der Waals surface area contributed by atoms with Gasteiger partial charge in [0.05, 0.1) is 5.52 Å². The molecule has 0 aliphatic rings. The van der Waals surface area contributed by atoms with Crippen molar-refractivity contribution in [2.45, 2.75) is 13.5 Å². The van der Waals surface area contributed by atoms with Gasteiger partial charge >= 0.3 is 0 Å². The molecule has 4 nitrogen and oxygen atoms in total. The van der Waals surface area contributed by atoms with Crippen molar-refractivity contribution < 1.29 is 4.74 Å². The maximum Gasteiger partial charge on any atom is 0.214 e. The van der Waals surface area contributed by atoms with Gasteiger partial charge in [0.1, 0.15) is 6.61 Å². The van der Waals surface area contributed by atoms with Crippen LogP contribution in [0.4, 0.5) is 0 Å². The van der Waals surface area contributed by atoms with Crippen molar-refractivity contribution in [1.82, 2.24) is 15.2 Å². The number of nitrogens with one attached hydrogen (secondary N) is 1.